The van der Waals surface area contributed by atoms with E-state index in [2.05, 4.69) is 37.9 Å². The van der Waals surface area contributed by atoms with Gasteiger partial charge in [0, 0.05) is 24.2 Å². The van der Waals surface area contributed by atoms with Gasteiger partial charge in [0.2, 0.25) is 5.28 Å². The molecule has 152 valence electrons. The highest BCUT2D eigenvalue weighted by Gasteiger charge is 2.33. The van der Waals surface area contributed by atoms with Gasteiger partial charge in [0.15, 0.2) is 5.82 Å². The Bertz CT molecular complexity index is 1050. The molecule has 0 saturated carbocycles. The number of hydrogen-bond donors (Lipinski definition) is 2. The van der Waals surface area contributed by atoms with Crippen LogP contribution in [0.1, 0.15) is 36.6 Å². The predicted molar refractivity (Wildman–Crippen MR) is 119 cm³/mol. The molecule has 1 aliphatic carbocycles. The van der Waals surface area contributed by atoms with Crippen LogP contribution in [0, 0.1) is 3.57 Å². The van der Waals surface area contributed by atoms with Gasteiger partial charge < -0.3 is 11.1 Å². The number of fused-ring (bicyclic) bond motifs is 1. The highest BCUT2D eigenvalue weighted by atomic mass is 127. The summed E-state index contributed by atoms with van der Waals surface area (Å²) in [6.45, 7) is -2.33. The number of allylic oxidation sites excluding steroid dienone is 1. The molecule has 2 aromatic heterocycles. The maximum atomic E-state index is 14.3. The second-order valence-electron chi connectivity index (χ2n) is 6.94. The van der Waals surface area contributed by atoms with E-state index in [0.717, 1.165) is 10.1 Å². The quantitative estimate of drug-likeness (QED) is 0.262. The summed E-state index contributed by atoms with van der Waals surface area (Å²) in [4.78, 5) is 8.49. The lowest BCUT2D eigenvalue weighted by Crippen LogP contribution is -2.31. The Labute approximate surface area is 185 Å². The van der Waals surface area contributed by atoms with Crippen molar-refractivity contribution in [2.75, 3.05) is 5.32 Å². The fourth-order valence-electron chi connectivity index (χ4n) is 3.76. The number of aromatic nitrogens is 3. The summed E-state index contributed by atoms with van der Waals surface area (Å²) in [6, 6.07) is 9.41. The van der Waals surface area contributed by atoms with Gasteiger partial charge in [0.1, 0.15) is 11.0 Å². The summed E-state index contributed by atoms with van der Waals surface area (Å²) < 4.78 is 30.2. The summed E-state index contributed by atoms with van der Waals surface area (Å²) in [5, 5.41) is 3.17. The number of nitrogens with two attached hydrogens (primary N) is 1. The van der Waals surface area contributed by atoms with Crippen LogP contribution < -0.4 is 11.1 Å². The van der Waals surface area contributed by atoms with E-state index in [9.17, 15) is 8.78 Å². The molecule has 0 saturated heterocycles. The standard InChI is InChI=1S/C20H19ClF2IN5/c21-19-27-15-14(24)16(12-8-4-5-9-13(12)25)29(20(22)23)17(15)18(28-19)26-10-11-6-2-1-3-7-11/h1-7,12-13,20H,8-10,25H2,(H,26,27,28)/t12-,13-/m1/s1. The zero-order valence-electron chi connectivity index (χ0n) is 15.3. The molecule has 0 fully saturated rings. The van der Waals surface area contributed by atoms with Gasteiger partial charge in [0.05, 0.1) is 3.57 Å². The first-order chi connectivity index (χ1) is 14.0. The summed E-state index contributed by atoms with van der Waals surface area (Å²) in [5.74, 6) is 0.0593. The van der Waals surface area contributed by atoms with E-state index in [1.54, 1.807) is 0 Å². The lowest BCUT2D eigenvalue weighted by atomic mass is 9.87. The molecule has 0 radical (unpaired) electrons. The number of nitrogens with one attached hydrogen (secondary N) is 1. The molecule has 9 heteroatoms. The van der Waals surface area contributed by atoms with Gasteiger partial charge in [-0.15, -0.1) is 0 Å². The molecule has 1 aromatic carbocycles. The largest absolute Gasteiger partial charge is 0.364 e. The van der Waals surface area contributed by atoms with Crippen molar-refractivity contribution in [1.29, 1.82) is 0 Å². The molecule has 1 aliphatic rings. The van der Waals surface area contributed by atoms with E-state index in [1.165, 1.54) is 0 Å². The average Bonchev–Trinajstić information content (AvgIpc) is 3.00. The monoisotopic (exact) mass is 529 g/mol. The number of anilines is 1. The van der Waals surface area contributed by atoms with Crippen LogP contribution in [0.2, 0.25) is 5.28 Å². The fourth-order valence-corrected chi connectivity index (χ4v) is 4.96. The molecule has 0 unspecified atom stereocenters. The van der Waals surface area contributed by atoms with Gasteiger partial charge in [-0.05, 0) is 52.6 Å². The van der Waals surface area contributed by atoms with Crippen LogP contribution in [0.4, 0.5) is 14.6 Å². The van der Waals surface area contributed by atoms with E-state index in [1.807, 2.05) is 42.5 Å². The van der Waals surface area contributed by atoms with E-state index in [4.69, 9.17) is 17.3 Å². The van der Waals surface area contributed by atoms with E-state index in [-0.39, 0.29) is 28.6 Å². The van der Waals surface area contributed by atoms with Gasteiger partial charge in [-0.3, -0.25) is 4.57 Å². The minimum atomic E-state index is -2.75. The Morgan fingerprint density at radius 1 is 1.21 bits per heavy atom. The van der Waals surface area contributed by atoms with E-state index < -0.39 is 6.55 Å². The Hall–Kier alpha value is -1.78. The van der Waals surface area contributed by atoms with Crippen molar-refractivity contribution in [3.63, 3.8) is 0 Å². The van der Waals surface area contributed by atoms with Gasteiger partial charge >= 0.3 is 6.55 Å². The second kappa shape index (κ2) is 8.53. The molecule has 4 rings (SSSR count). The normalized spacial score (nSPS) is 19.2. The summed E-state index contributed by atoms with van der Waals surface area (Å²) in [5.41, 5.74) is 8.44. The molecule has 0 aliphatic heterocycles. The molecule has 0 amide bonds. The number of halogens is 4. The van der Waals surface area contributed by atoms with Crippen molar-refractivity contribution in [3.05, 3.63) is 62.6 Å². The molecule has 0 spiro atoms. The van der Waals surface area contributed by atoms with Crippen LogP contribution in [-0.2, 0) is 6.54 Å². The van der Waals surface area contributed by atoms with Gasteiger partial charge in [-0.25, -0.2) is 4.98 Å². The molecule has 2 atom stereocenters. The predicted octanol–water partition coefficient (Wildman–Crippen LogP) is 5.46. The highest BCUT2D eigenvalue weighted by molar-refractivity contribution is 14.1. The first-order valence-corrected chi connectivity index (χ1v) is 10.7. The van der Waals surface area contributed by atoms with Crippen LogP contribution >= 0.6 is 34.2 Å². The Morgan fingerprint density at radius 3 is 2.62 bits per heavy atom. The van der Waals surface area contributed by atoms with Crippen molar-refractivity contribution in [2.45, 2.75) is 37.9 Å². The molecule has 29 heavy (non-hydrogen) atoms. The molecule has 2 heterocycles. The van der Waals surface area contributed by atoms with E-state index in [0.29, 0.717) is 34.2 Å². The fraction of sp³-hybridized carbons (Fsp3) is 0.300. The van der Waals surface area contributed by atoms with Crippen LogP contribution in [0.25, 0.3) is 11.0 Å². The number of rotatable bonds is 5. The maximum absolute atomic E-state index is 14.3. The summed E-state index contributed by atoms with van der Waals surface area (Å²) >= 11 is 8.20. The molecule has 5 nitrogen and oxygen atoms in total. The van der Waals surface area contributed by atoms with Crippen molar-refractivity contribution < 1.29 is 8.78 Å². The van der Waals surface area contributed by atoms with Crippen LogP contribution in [0.3, 0.4) is 0 Å². The Morgan fingerprint density at radius 2 is 1.93 bits per heavy atom. The maximum Gasteiger partial charge on any atom is 0.319 e. The Kier molecular flexibility index (Phi) is 6.03. The minimum absolute atomic E-state index is 0.0109. The van der Waals surface area contributed by atoms with Crippen molar-refractivity contribution >= 4 is 51.0 Å². The average molecular weight is 530 g/mol. The van der Waals surface area contributed by atoms with Crippen molar-refractivity contribution in [1.82, 2.24) is 14.5 Å². The van der Waals surface area contributed by atoms with Crippen molar-refractivity contribution in [2.24, 2.45) is 5.73 Å². The van der Waals surface area contributed by atoms with Gasteiger partial charge in [-0.1, -0.05) is 42.5 Å². The zero-order chi connectivity index (χ0) is 20.5. The third kappa shape index (κ3) is 3.97. The molecular formula is C20H19ClF2IN5. The zero-order valence-corrected chi connectivity index (χ0v) is 18.2. The first kappa shape index (κ1) is 20.5. The number of hydrogen-bond acceptors (Lipinski definition) is 4. The lowest BCUT2D eigenvalue weighted by Gasteiger charge is -2.27. The second-order valence-corrected chi connectivity index (χ2v) is 8.35. The first-order valence-electron chi connectivity index (χ1n) is 9.20. The SMILES string of the molecule is N[C@@H]1CC=CC[C@H]1c1c(I)c2nc(Cl)nc(NCc3ccccc3)c2n1C(F)F. The molecular weight excluding hydrogens is 511 g/mol. The van der Waals surface area contributed by atoms with Crippen molar-refractivity contribution in [3.8, 4) is 0 Å². The van der Waals surface area contributed by atoms with Gasteiger partial charge in [0.25, 0.3) is 0 Å². The van der Waals surface area contributed by atoms with E-state index >= 15 is 0 Å². The molecule has 0 bridgehead atoms. The third-order valence-electron chi connectivity index (χ3n) is 5.12. The lowest BCUT2D eigenvalue weighted by molar-refractivity contribution is 0.0705. The van der Waals surface area contributed by atoms with Crippen LogP contribution in [-0.4, -0.2) is 20.6 Å². The van der Waals surface area contributed by atoms with Gasteiger partial charge in [-0.2, -0.15) is 13.8 Å². The van der Waals surface area contributed by atoms with Crippen LogP contribution in [0.15, 0.2) is 42.5 Å². The number of benzene rings is 1. The summed E-state index contributed by atoms with van der Waals surface area (Å²) in [6.07, 6.45) is 5.24. The molecule has 3 N–H and O–H groups in total. The Balaban J connectivity index is 1.86. The summed E-state index contributed by atoms with van der Waals surface area (Å²) in [7, 11) is 0. The smallest absolute Gasteiger partial charge is 0.319 e. The highest BCUT2D eigenvalue weighted by Crippen LogP contribution is 2.41. The van der Waals surface area contributed by atoms with Crippen LogP contribution in [0.5, 0.6) is 0 Å². The topological polar surface area (TPSA) is 68.8 Å². The minimum Gasteiger partial charge on any atom is -0.364 e. The number of alkyl halides is 2. The number of nitrogens with zero attached hydrogens (tertiary/aromatic N) is 3. The molecule has 3 aromatic rings. The third-order valence-corrected chi connectivity index (χ3v) is 6.35.